The van der Waals surface area contributed by atoms with E-state index < -0.39 is 30.8 Å². The van der Waals surface area contributed by atoms with Gasteiger partial charge in [0.1, 0.15) is 16.4 Å². The van der Waals surface area contributed by atoms with Crippen LogP contribution in [0.1, 0.15) is 76.6 Å². The fourth-order valence-electron chi connectivity index (χ4n) is 10.6. The molecule has 1 atom stereocenters. The van der Waals surface area contributed by atoms with Crippen molar-refractivity contribution < 1.29 is 50.4 Å². The van der Waals surface area contributed by atoms with Gasteiger partial charge in [0, 0.05) is 70.5 Å². The summed E-state index contributed by atoms with van der Waals surface area (Å²) in [6.07, 6.45) is 11.8. The predicted molar refractivity (Wildman–Crippen MR) is 279 cm³/mol. The molecule has 3 heterocycles. The van der Waals surface area contributed by atoms with E-state index in [1.165, 1.54) is 36.8 Å². The van der Waals surface area contributed by atoms with Crippen LogP contribution in [0.15, 0.2) is 160 Å². The van der Waals surface area contributed by atoms with E-state index in [-0.39, 0.29) is 30.0 Å². The van der Waals surface area contributed by atoms with Crippen LogP contribution in [0.4, 0.5) is 22.7 Å². The smallest absolute Gasteiger partial charge is 0.302 e. The van der Waals surface area contributed by atoms with Gasteiger partial charge < -0.3 is 19.3 Å². The van der Waals surface area contributed by atoms with Crippen molar-refractivity contribution in [2.75, 3.05) is 36.1 Å². The summed E-state index contributed by atoms with van der Waals surface area (Å²) in [6.45, 7) is 12.4. The molecule has 71 heavy (non-hydrogen) atoms. The number of esters is 2. The first-order valence-corrected chi connectivity index (χ1v) is 26.4. The molecule has 0 saturated carbocycles. The minimum Gasteiger partial charge on any atom is -0.464 e. The van der Waals surface area contributed by atoms with Crippen LogP contribution in [-0.4, -0.2) is 76.3 Å². The van der Waals surface area contributed by atoms with E-state index in [2.05, 4.69) is 95.0 Å². The maximum Gasteiger partial charge on any atom is 0.302 e. The van der Waals surface area contributed by atoms with E-state index in [0.717, 1.165) is 73.1 Å². The van der Waals surface area contributed by atoms with Crippen LogP contribution in [0.5, 0.6) is 0 Å². The molecule has 2 N–H and O–H groups in total. The number of hydrogen-bond acceptors (Lipinski definition) is 11. The van der Waals surface area contributed by atoms with Crippen LogP contribution in [0, 0.1) is 0 Å². The summed E-state index contributed by atoms with van der Waals surface area (Å²) in [5.41, 5.74) is 11.1. The van der Waals surface area contributed by atoms with Crippen molar-refractivity contribution in [1.82, 2.24) is 0 Å². The fourth-order valence-corrected chi connectivity index (χ4v) is 12.2. The van der Waals surface area contributed by atoms with Crippen molar-refractivity contribution in [2.24, 2.45) is 0 Å². The van der Waals surface area contributed by atoms with Crippen LogP contribution < -0.4 is 9.80 Å². The molecule has 0 bridgehead atoms. The SMILES string of the molecule is CC(=O)OCCN1C(=CC=C2CCC(C=CC3=[N+](CCOC(C)=O)c4ccc5cc(S(=O)(=O)O)ccc5c4C3(C)C)=C2N(c2ccccc2)c2ccccc2)C(C)(C)c2c1ccc1c2C=CS(=O)(OO)=C1. The number of carbonyl (C=O) groups excluding carboxylic acids is 2. The van der Waals surface area contributed by atoms with Gasteiger partial charge in [0.05, 0.1) is 22.6 Å². The lowest BCUT2D eigenvalue weighted by Crippen LogP contribution is -2.29. The van der Waals surface area contributed by atoms with Crippen LogP contribution in [-0.2, 0) is 54.1 Å². The number of anilines is 3. The normalized spacial score (nSPS) is 19.9. The number of carbonyl (C=O) groups is 2. The molecule has 15 heteroatoms. The molecule has 366 valence electrons. The maximum atomic E-state index is 13.1. The van der Waals surface area contributed by atoms with E-state index >= 15 is 0 Å². The molecule has 1 unspecified atom stereocenters. The van der Waals surface area contributed by atoms with Crippen LogP contribution in [0.2, 0.25) is 0 Å². The van der Waals surface area contributed by atoms with E-state index in [1.807, 2.05) is 60.7 Å². The van der Waals surface area contributed by atoms with Crippen LogP contribution >= 0.6 is 0 Å². The molecule has 0 aromatic heterocycles. The Balaban J connectivity index is 1.21. The highest BCUT2D eigenvalue weighted by Crippen LogP contribution is 2.52. The van der Waals surface area contributed by atoms with Crippen LogP contribution in [0.25, 0.3) is 16.8 Å². The number of nitrogens with zero attached hydrogens (tertiary/aromatic N) is 3. The molecule has 0 fully saturated rings. The van der Waals surface area contributed by atoms with Gasteiger partial charge in [0.25, 0.3) is 10.1 Å². The number of benzene rings is 5. The zero-order valence-corrected chi connectivity index (χ0v) is 42.1. The minimum atomic E-state index is -4.43. The van der Waals surface area contributed by atoms with Gasteiger partial charge in [-0.1, -0.05) is 74.5 Å². The van der Waals surface area contributed by atoms with Gasteiger partial charge >= 0.3 is 11.9 Å². The zero-order valence-electron chi connectivity index (χ0n) is 40.4. The van der Waals surface area contributed by atoms with Gasteiger partial charge in [0.2, 0.25) is 5.69 Å². The molecule has 9 rings (SSSR count). The Labute approximate surface area is 414 Å². The molecular formula is C56H56N3O10S2+. The standard InChI is InChI=1S/C56H55N3O10S2/c1-37(60)67-32-30-57-48-25-19-41-35-45(71(64,65)66)23-24-46(41)52(48)55(3,4)50(57)27-21-39-17-18-40(54(39)59(43-13-9-7-10-14-43)44-15-11-8-12-16-44)22-28-51-56(5,6)53-47-29-34-70(63,69-62)36-42(47)20-26-49(53)58(51)31-33-68-38(2)61/h7-16,19-29,34-36H,17-18,30-33H2,1-6H3,(H-,62,64,65,66)/p+1. The summed E-state index contributed by atoms with van der Waals surface area (Å²) < 4.78 is 64.9. The number of rotatable bonds is 14. The Bertz CT molecular complexity index is 3410. The van der Waals surface area contributed by atoms with Crippen molar-refractivity contribution in [3.63, 3.8) is 0 Å². The van der Waals surface area contributed by atoms with Gasteiger partial charge in [-0.05, 0) is 126 Å². The summed E-state index contributed by atoms with van der Waals surface area (Å²) in [6, 6.07) is 32.8. The largest absolute Gasteiger partial charge is 0.464 e. The molecule has 0 spiro atoms. The van der Waals surface area contributed by atoms with Gasteiger partial charge in [-0.25, -0.2) is 9.47 Å². The van der Waals surface area contributed by atoms with E-state index in [4.69, 9.17) is 9.47 Å². The molecule has 13 nitrogen and oxygen atoms in total. The van der Waals surface area contributed by atoms with Crippen molar-refractivity contribution in [3.05, 3.63) is 178 Å². The van der Waals surface area contributed by atoms with E-state index in [0.29, 0.717) is 36.9 Å². The molecule has 0 saturated heterocycles. The van der Waals surface area contributed by atoms with Crippen molar-refractivity contribution in [1.29, 1.82) is 0 Å². The average Bonchev–Trinajstić information content (AvgIpc) is 3.90. The Morgan fingerprint density at radius 3 is 2.14 bits per heavy atom. The molecule has 0 amide bonds. The molecule has 4 aliphatic rings. The number of hydrogen-bond donors (Lipinski definition) is 2. The molecule has 5 aromatic carbocycles. The number of ether oxygens (including phenoxy) is 2. The second-order valence-corrected chi connectivity index (χ2v) is 22.2. The van der Waals surface area contributed by atoms with E-state index in [1.54, 1.807) is 12.1 Å². The van der Waals surface area contributed by atoms with Gasteiger partial charge in [-0.2, -0.15) is 13.0 Å². The second-order valence-electron chi connectivity index (χ2n) is 18.9. The molecular weight excluding hydrogens is 939 g/mol. The lowest BCUT2D eigenvalue weighted by molar-refractivity contribution is -0.440. The fraction of sp³-hybridized carbons (Fsp3) is 0.250. The maximum absolute atomic E-state index is 13.1. The highest BCUT2D eigenvalue weighted by atomic mass is 32.2. The summed E-state index contributed by atoms with van der Waals surface area (Å²) in [5.74, 6) is -0.759. The predicted octanol–water partition coefficient (Wildman–Crippen LogP) is 10.5. The van der Waals surface area contributed by atoms with Crippen molar-refractivity contribution >= 4 is 82.5 Å². The molecule has 0 radical (unpaired) electrons. The van der Waals surface area contributed by atoms with Crippen molar-refractivity contribution in [2.45, 2.75) is 70.1 Å². The summed E-state index contributed by atoms with van der Waals surface area (Å²) in [4.78, 5) is 28.3. The number of allylic oxidation sites excluding steroid dienone is 7. The van der Waals surface area contributed by atoms with Crippen LogP contribution in [0.3, 0.4) is 0 Å². The molecule has 3 aliphatic heterocycles. The first-order chi connectivity index (χ1) is 33.8. The monoisotopic (exact) mass is 994 g/mol. The van der Waals surface area contributed by atoms with Crippen molar-refractivity contribution in [3.8, 4) is 0 Å². The van der Waals surface area contributed by atoms with Gasteiger partial charge in [-0.3, -0.25) is 14.1 Å². The summed E-state index contributed by atoms with van der Waals surface area (Å²) >= 11 is 0. The molecule has 5 aromatic rings. The Morgan fingerprint density at radius 1 is 0.817 bits per heavy atom. The Hall–Kier alpha value is -6.88. The third-order valence-electron chi connectivity index (χ3n) is 13.7. The third-order valence-corrected chi connectivity index (χ3v) is 15.9. The average molecular weight is 995 g/mol. The van der Waals surface area contributed by atoms with E-state index in [9.17, 15) is 32.0 Å². The minimum absolute atomic E-state index is 0.139. The summed E-state index contributed by atoms with van der Waals surface area (Å²) in [7, 11) is -7.63. The number of fused-ring (bicyclic) bond motifs is 6. The third kappa shape index (κ3) is 9.31. The topological polar surface area (TPSA) is 163 Å². The first-order valence-electron chi connectivity index (χ1n) is 23.4. The number of para-hydroxylation sites is 2. The Morgan fingerprint density at radius 2 is 1.49 bits per heavy atom. The highest BCUT2D eigenvalue weighted by molar-refractivity contribution is 8.00. The lowest BCUT2D eigenvalue weighted by atomic mass is 9.79. The highest BCUT2D eigenvalue weighted by Gasteiger charge is 2.46. The lowest BCUT2D eigenvalue weighted by Gasteiger charge is -2.29. The summed E-state index contributed by atoms with van der Waals surface area (Å²) in [5, 5.41) is 13.8. The Kier molecular flexibility index (Phi) is 13.2. The molecule has 1 aliphatic carbocycles. The quantitative estimate of drug-likeness (QED) is 0.0271. The first kappa shape index (κ1) is 49.1. The second kappa shape index (κ2) is 19.0. The zero-order chi connectivity index (χ0) is 50.5. The van der Waals surface area contributed by atoms with Gasteiger partial charge in [-0.15, -0.1) is 4.33 Å². The van der Waals surface area contributed by atoms with Gasteiger partial charge in [0.15, 0.2) is 18.9 Å².